The second-order valence-electron chi connectivity index (χ2n) is 4.12. The van der Waals surface area contributed by atoms with E-state index in [-0.39, 0.29) is 18.2 Å². The van der Waals surface area contributed by atoms with Crippen LogP contribution in [0.3, 0.4) is 0 Å². The fraction of sp³-hybridized carbons (Fsp3) is 0.900. The highest BCUT2D eigenvalue weighted by atomic mass is 16.3. The highest BCUT2D eigenvalue weighted by molar-refractivity contribution is 5.78. The predicted octanol–water partition coefficient (Wildman–Crippen LogP) is 0.850. The average molecular weight is 201 g/mol. The van der Waals surface area contributed by atoms with Gasteiger partial charge in [0, 0.05) is 18.2 Å². The molecule has 0 fully saturated rings. The molecule has 14 heavy (non-hydrogen) atoms. The van der Waals surface area contributed by atoms with Crippen LogP contribution in [0.2, 0.25) is 0 Å². The molecule has 0 aliphatic carbocycles. The zero-order chi connectivity index (χ0) is 11.2. The highest BCUT2D eigenvalue weighted by Gasteiger charge is 2.21. The summed E-state index contributed by atoms with van der Waals surface area (Å²) >= 11 is 0. The van der Waals surface area contributed by atoms with Crippen LogP contribution in [-0.4, -0.2) is 29.3 Å². The number of aliphatic hydroxyl groups excluding tert-OH is 1. The molecule has 0 aromatic heterocycles. The molecule has 4 nitrogen and oxygen atoms in total. The lowest BCUT2D eigenvalue weighted by molar-refractivity contribution is 0.231. The Kier molecular flexibility index (Phi) is 5.53. The topological polar surface area (TPSA) is 70.6 Å². The van der Waals surface area contributed by atoms with E-state index < -0.39 is 0 Å². The van der Waals surface area contributed by atoms with Gasteiger partial charge in [0.05, 0.1) is 0 Å². The lowest BCUT2D eigenvalue weighted by atomic mass is 9.95. The normalized spacial score (nSPS) is 16.9. The third kappa shape index (κ3) is 5.07. The number of aliphatic hydroxyl groups is 1. The van der Waals surface area contributed by atoms with Gasteiger partial charge in [0.2, 0.25) is 0 Å². The smallest absolute Gasteiger partial charge is 0.189 e. The monoisotopic (exact) mass is 201 g/mol. The first kappa shape index (κ1) is 13.2. The van der Waals surface area contributed by atoms with Crippen molar-refractivity contribution in [1.29, 1.82) is 0 Å². The van der Waals surface area contributed by atoms with Crippen LogP contribution in [0.25, 0.3) is 0 Å². The summed E-state index contributed by atoms with van der Waals surface area (Å²) in [5.41, 5.74) is 5.57. The first-order valence-electron chi connectivity index (χ1n) is 5.16. The lowest BCUT2D eigenvalue weighted by Gasteiger charge is -2.29. The maximum atomic E-state index is 8.91. The number of nitrogens with one attached hydrogen (secondary N) is 1. The van der Waals surface area contributed by atoms with Crippen molar-refractivity contribution < 1.29 is 5.11 Å². The molecule has 0 aromatic carbocycles. The Morgan fingerprint density at radius 1 is 1.57 bits per heavy atom. The maximum absolute atomic E-state index is 8.91. The third-order valence-electron chi connectivity index (χ3n) is 2.27. The van der Waals surface area contributed by atoms with Gasteiger partial charge in [-0.2, -0.15) is 0 Å². The van der Waals surface area contributed by atoms with Crippen molar-refractivity contribution in [3.05, 3.63) is 0 Å². The van der Waals surface area contributed by atoms with Crippen LogP contribution in [0, 0.1) is 0 Å². The fourth-order valence-electron chi connectivity index (χ4n) is 1.19. The molecule has 0 aliphatic heterocycles. The lowest BCUT2D eigenvalue weighted by Crippen LogP contribution is -2.49. The molecule has 0 rings (SSSR count). The Hall–Kier alpha value is -0.770. The zero-order valence-electron chi connectivity index (χ0n) is 9.67. The molecular formula is C10H23N3O. The van der Waals surface area contributed by atoms with Crippen molar-refractivity contribution >= 4 is 5.96 Å². The van der Waals surface area contributed by atoms with E-state index in [1.54, 1.807) is 0 Å². The SMILES string of the molecule is CCC(C)(CCO)NC(N)=NC(C)C. The number of hydrogen-bond acceptors (Lipinski definition) is 2. The van der Waals surface area contributed by atoms with E-state index in [1.165, 1.54) is 0 Å². The molecule has 0 saturated carbocycles. The Morgan fingerprint density at radius 2 is 2.14 bits per heavy atom. The second-order valence-corrected chi connectivity index (χ2v) is 4.12. The van der Waals surface area contributed by atoms with Crippen molar-refractivity contribution in [2.24, 2.45) is 10.7 Å². The Balaban J connectivity index is 4.30. The van der Waals surface area contributed by atoms with Crippen LogP contribution >= 0.6 is 0 Å². The molecule has 0 spiro atoms. The molecular weight excluding hydrogens is 178 g/mol. The van der Waals surface area contributed by atoms with Crippen LogP contribution in [0.4, 0.5) is 0 Å². The van der Waals surface area contributed by atoms with E-state index in [4.69, 9.17) is 10.8 Å². The van der Waals surface area contributed by atoms with Crippen LogP contribution in [0.15, 0.2) is 4.99 Å². The third-order valence-corrected chi connectivity index (χ3v) is 2.27. The van der Waals surface area contributed by atoms with Crippen molar-refractivity contribution in [2.75, 3.05) is 6.61 Å². The fourth-order valence-corrected chi connectivity index (χ4v) is 1.19. The van der Waals surface area contributed by atoms with E-state index in [0.717, 1.165) is 6.42 Å². The molecule has 0 heterocycles. The minimum atomic E-state index is -0.156. The zero-order valence-corrected chi connectivity index (χ0v) is 9.67. The van der Waals surface area contributed by atoms with E-state index in [1.807, 2.05) is 20.8 Å². The summed E-state index contributed by atoms with van der Waals surface area (Å²) in [6.45, 7) is 8.21. The Bertz CT molecular complexity index is 192. The standard InChI is InChI=1S/C10H23N3O/c1-5-10(4,6-7-14)13-9(11)12-8(2)3/h8,14H,5-7H2,1-4H3,(H3,11,12,13). The number of guanidine groups is 1. The summed E-state index contributed by atoms with van der Waals surface area (Å²) < 4.78 is 0. The van der Waals surface area contributed by atoms with Gasteiger partial charge in [-0.3, -0.25) is 4.99 Å². The molecule has 1 atom stereocenters. The maximum Gasteiger partial charge on any atom is 0.189 e. The molecule has 0 radical (unpaired) electrons. The molecule has 4 heteroatoms. The predicted molar refractivity (Wildman–Crippen MR) is 60.3 cm³/mol. The van der Waals surface area contributed by atoms with Gasteiger partial charge in [-0.05, 0) is 33.6 Å². The molecule has 84 valence electrons. The summed E-state index contributed by atoms with van der Waals surface area (Å²) in [6, 6.07) is 0.192. The summed E-state index contributed by atoms with van der Waals surface area (Å²) in [5.74, 6) is 0.456. The van der Waals surface area contributed by atoms with Gasteiger partial charge >= 0.3 is 0 Å². The van der Waals surface area contributed by atoms with E-state index in [2.05, 4.69) is 17.2 Å². The number of rotatable bonds is 5. The Morgan fingerprint density at radius 3 is 2.50 bits per heavy atom. The van der Waals surface area contributed by atoms with Gasteiger partial charge in [0.15, 0.2) is 5.96 Å². The summed E-state index contributed by atoms with van der Waals surface area (Å²) in [4.78, 5) is 4.19. The molecule has 0 saturated heterocycles. The highest BCUT2D eigenvalue weighted by Crippen LogP contribution is 2.13. The number of hydrogen-bond donors (Lipinski definition) is 3. The first-order chi connectivity index (χ1) is 6.43. The van der Waals surface area contributed by atoms with E-state index in [9.17, 15) is 0 Å². The van der Waals surface area contributed by atoms with Gasteiger partial charge in [-0.25, -0.2) is 0 Å². The average Bonchev–Trinajstić information content (AvgIpc) is 2.02. The molecule has 0 aliphatic rings. The molecule has 4 N–H and O–H groups in total. The first-order valence-corrected chi connectivity index (χ1v) is 5.16. The molecule has 0 amide bonds. The molecule has 1 unspecified atom stereocenters. The summed E-state index contributed by atoms with van der Waals surface area (Å²) in [6.07, 6.45) is 1.58. The van der Waals surface area contributed by atoms with Gasteiger partial charge in [0.25, 0.3) is 0 Å². The van der Waals surface area contributed by atoms with Crippen LogP contribution in [-0.2, 0) is 0 Å². The van der Waals surface area contributed by atoms with Crippen LogP contribution < -0.4 is 11.1 Å². The van der Waals surface area contributed by atoms with Gasteiger partial charge in [0.1, 0.15) is 0 Å². The van der Waals surface area contributed by atoms with E-state index in [0.29, 0.717) is 12.4 Å². The van der Waals surface area contributed by atoms with E-state index >= 15 is 0 Å². The van der Waals surface area contributed by atoms with Gasteiger partial charge in [-0.1, -0.05) is 6.92 Å². The summed E-state index contributed by atoms with van der Waals surface area (Å²) in [7, 11) is 0. The largest absolute Gasteiger partial charge is 0.396 e. The Labute approximate surface area is 86.6 Å². The number of nitrogens with zero attached hydrogens (tertiary/aromatic N) is 1. The minimum Gasteiger partial charge on any atom is -0.396 e. The molecule has 0 bridgehead atoms. The molecule has 0 aromatic rings. The van der Waals surface area contributed by atoms with Crippen molar-refractivity contribution in [3.63, 3.8) is 0 Å². The van der Waals surface area contributed by atoms with Gasteiger partial charge < -0.3 is 16.2 Å². The number of aliphatic imine (C=N–C) groups is 1. The second kappa shape index (κ2) is 5.86. The van der Waals surface area contributed by atoms with Crippen LogP contribution in [0.5, 0.6) is 0 Å². The van der Waals surface area contributed by atoms with Crippen molar-refractivity contribution in [3.8, 4) is 0 Å². The van der Waals surface area contributed by atoms with Crippen LogP contribution in [0.1, 0.15) is 40.5 Å². The van der Waals surface area contributed by atoms with Gasteiger partial charge in [-0.15, -0.1) is 0 Å². The summed E-state index contributed by atoms with van der Waals surface area (Å²) in [5, 5.41) is 12.1. The van der Waals surface area contributed by atoms with Crippen molar-refractivity contribution in [1.82, 2.24) is 5.32 Å². The number of nitrogens with two attached hydrogens (primary N) is 1. The quantitative estimate of drug-likeness (QED) is 0.456. The minimum absolute atomic E-state index is 0.156. The van der Waals surface area contributed by atoms with Crippen molar-refractivity contribution in [2.45, 2.75) is 52.1 Å².